The van der Waals surface area contributed by atoms with Crippen LogP contribution in [0.2, 0.25) is 0 Å². The van der Waals surface area contributed by atoms with Crippen LogP contribution in [0.5, 0.6) is 0 Å². The lowest BCUT2D eigenvalue weighted by atomic mass is 10.1. The van der Waals surface area contributed by atoms with E-state index in [1.165, 1.54) is 0 Å². The van der Waals surface area contributed by atoms with Crippen molar-refractivity contribution >= 4 is 5.91 Å². The van der Waals surface area contributed by atoms with Crippen molar-refractivity contribution in [2.24, 2.45) is 11.5 Å². The number of piperazine rings is 1. The monoisotopic (exact) mass is 214 g/mol. The molecule has 0 radical (unpaired) electrons. The van der Waals surface area contributed by atoms with E-state index in [4.69, 9.17) is 11.5 Å². The zero-order valence-corrected chi connectivity index (χ0v) is 9.48. The number of primary amides is 1. The third-order valence-corrected chi connectivity index (χ3v) is 2.85. The highest BCUT2D eigenvalue weighted by Crippen LogP contribution is 2.02. The molecule has 1 heterocycles. The van der Waals surface area contributed by atoms with Crippen molar-refractivity contribution in [2.75, 3.05) is 39.8 Å². The molecule has 1 aliphatic heterocycles. The quantitative estimate of drug-likeness (QED) is 0.604. The Morgan fingerprint density at radius 1 is 1.33 bits per heavy atom. The minimum atomic E-state index is -0.260. The Morgan fingerprint density at radius 2 is 1.93 bits per heavy atom. The van der Waals surface area contributed by atoms with Gasteiger partial charge in [-0.15, -0.1) is 0 Å². The number of hydrogen-bond acceptors (Lipinski definition) is 4. The molecule has 5 nitrogen and oxygen atoms in total. The molecule has 1 amide bonds. The van der Waals surface area contributed by atoms with E-state index in [0.717, 1.165) is 32.7 Å². The standard InChI is InChI=1S/C10H22N4O/c1-13-4-6-14(7-5-13)8-9(11)2-3-10(12)15/h9H,2-8,11H2,1H3,(H2,12,15)/t9-/m0/s1. The van der Waals surface area contributed by atoms with Crippen LogP contribution in [-0.4, -0.2) is 61.5 Å². The predicted octanol–water partition coefficient (Wildman–Crippen LogP) is -1.17. The van der Waals surface area contributed by atoms with Crippen LogP contribution in [0.4, 0.5) is 0 Å². The molecule has 0 aromatic rings. The van der Waals surface area contributed by atoms with Gasteiger partial charge in [0, 0.05) is 45.2 Å². The number of nitrogens with zero attached hydrogens (tertiary/aromatic N) is 2. The van der Waals surface area contributed by atoms with Crippen LogP contribution >= 0.6 is 0 Å². The van der Waals surface area contributed by atoms with Gasteiger partial charge in [0.05, 0.1) is 0 Å². The smallest absolute Gasteiger partial charge is 0.217 e. The number of amides is 1. The second-order valence-electron chi connectivity index (χ2n) is 4.37. The molecule has 0 spiro atoms. The fourth-order valence-corrected chi connectivity index (χ4v) is 1.78. The average molecular weight is 214 g/mol. The summed E-state index contributed by atoms with van der Waals surface area (Å²) < 4.78 is 0. The van der Waals surface area contributed by atoms with Crippen LogP contribution in [0.3, 0.4) is 0 Å². The van der Waals surface area contributed by atoms with Gasteiger partial charge in [-0.25, -0.2) is 0 Å². The van der Waals surface area contributed by atoms with Crippen molar-refractivity contribution in [1.29, 1.82) is 0 Å². The molecule has 1 fully saturated rings. The molecule has 1 rings (SSSR count). The number of likely N-dealkylation sites (N-methyl/N-ethyl adjacent to an activating group) is 1. The highest BCUT2D eigenvalue weighted by atomic mass is 16.1. The van der Waals surface area contributed by atoms with E-state index in [0.29, 0.717) is 12.8 Å². The summed E-state index contributed by atoms with van der Waals surface area (Å²) in [6.07, 6.45) is 1.09. The lowest BCUT2D eigenvalue weighted by Gasteiger charge is -2.33. The SMILES string of the molecule is CN1CCN(C[C@@H](N)CCC(N)=O)CC1. The summed E-state index contributed by atoms with van der Waals surface area (Å²) in [4.78, 5) is 15.2. The Labute approximate surface area is 91.4 Å². The Hall–Kier alpha value is -0.650. The van der Waals surface area contributed by atoms with Crippen LogP contribution in [-0.2, 0) is 4.79 Å². The van der Waals surface area contributed by atoms with E-state index in [1.807, 2.05) is 0 Å². The van der Waals surface area contributed by atoms with Crippen LogP contribution in [0.1, 0.15) is 12.8 Å². The molecule has 0 bridgehead atoms. The molecule has 1 atom stereocenters. The van der Waals surface area contributed by atoms with Gasteiger partial charge in [-0.1, -0.05) is 0 Å². The zero-order chi connectivity index (χ0) is 11.3. The molecular formula is C10H22N4O. The number of nitrogens with two attached hydrogens (primary N) is 2. The number of carbonyl (C=O) groups is 1. The zero-order valence-electron chi connectivity index (χ0n) is 9.48. The summed E-state index contributed by atoms with van der Waals surface area (Å²) in [7, 11) is 2.13. The van der Waals surface area contributed by atoms with Crippen LogP contribution in [0.25, 0.3) is 0 Å². The van der Waals surface area contributed by atoms with Gasteiger partial charge in [-0.3, -0.25) is 9.69 Å². The maximum atomic E-state index is 10.6. The summed E-state index contributed by atoms with van der Waals surface area (Å²) in [6.45, 7) is 5.22. The first kappa shape index (κ1) is 12.4. The summed E-state index contributed by atoms with van der Waals surface area (Å²) >= 11 is 0. The first-order chi connectivity index (χ1) is 7.08. The maximum absolute atomic E-state index is 10.6. The van der Waals surface area contributed by atoms with E-state index >= 15 is 0 Å². The molecule has 0 saturated carbocycles. The minimum absolute atomic E-state index is 0.0703. The van der Waals surface area contributed by atoms with Gasteiger partial charge in [-0.2, -0.15) is 0 Å². The second-order valence-corrected chi connectivity index (χ2v) is 4.37. The molecule has 88 valence electrons. The summed E-state index contributed by atoms with van der Waals surface area (Å²) in [5.74, 6) is -0.260. The number of carbonyl (C=O) groups excluding carboxylic acids is 1. The molecule has 1 saturated heterocycles. The van der Waals surface area contributed by atoms with Crippen molar-refractivity contribution in [3.63, 3.8) is 0 Å². The highest BCUT2D eigenvalue weighted by Gasteiger charge is 2.16. The number of hydrogen-bond donors (Lipinski definition) is 2. The molecule has 1 aliphatic rings. The van der Waals surface area contributed by atoms with Crippen molar-refractivity contribution in [2.45, 2.75) is 18.9 Å². The summed E-state index contributed by atoms with van der Waals surface area (Å²) in [5, 5.41) is 0. The van der Waals surface area contributed by atoms with E-state index in [2.05, 4.69) is 16.8 Å². The van der Waals surface area contributed by atoms with Gasteiger partial charge in [0.1, 0.15) is 0 Å². The van der Waals surface area contributed by atoms with E-state index in [-0.39, 0.29) is 11.9 Å². The lowest BCUT2D eigenvalue weighted by molar-refractivity contribution is -0.118. The third kappa shape index (κ3) is 5.11. The van der Waals surface area contributed by atoms with Crippen LogP contribution in [0.15, 0.2) is 0 Å². The van der Waals surface area contributed by atoms with Gasteiger partial charge < -0.3 is 16.4 Å². The summed E-state index contributed by atoms with van der Waals surface area (Å²) in [6, 6.07) is 0.0703. The Bertz CT molecular complexity index is 202. The molecule has 15 heavy (non-hydrogen) atoms. The van der Waals surface area contributed by atoms with E-state index < -0.39 is 0 Å². The van der Waals surface area contributed by atoms with Crippen LogP contribution in [0, 0.1) is 0 Å². The van der Waals surface area contributed by atoms with Gasteiger partial charge in [0.2, 0.25) is 5.91 Å². The Balaban J connectivity index is 2.14. The fourth-order valence-electron chi connectivity index (χ4n) is 1.78. The van der Waals surface area contributed by atoms with E-state index in [1.54, 1.807) is 0 Å². The first-order valence-electron chi connectivity index (χ1n) is 5.52. The molecule has 0 aromatic carbocycles. The van der Waals surface area contributed by atoms with Gasteiger partial charge in [0.15, 0.2) is 0 Å². The Morgan fingerprint density at radius 3 is 2.47 bits per heavy atom. The van der Waals surface area contributed by atoms with Gasteiger partial charge in [0.25, 0.3) is 0 Å². The molecule has 4 N–H and O–H groups in total. The van der Waals surface area contributed by atoms with Crippen molar-refractivity contribution in [3.8, 4) is 0 Å². The Kier molecular flexibility index (Phi) is 5.01. The molecule has 0 unspecified atom stereocenters. The largest absolute Gasteiger partial charge is 0.370 e. The maximum Gasteiger partial charge on any atom is 0.217 e. The molecule has 5 heteroatoms. The fraction of sp³-hybridized carbons (Fsp3) is 0.900. The van der Waals surface area contributed by atoms with Crippen molar-refractivity contribution in [1.82, 2.24) is 9.80 Å². The van der Waals surface area contributed by atoms with E-state index in [9.17, 15) is 4.79 Å². The molecular weight excluding hydrogens is 192 g/mol. The molecule has 0 aromatic heterocycles. The first-order valence-corrected chi connectivity index (χ1v) is 5.52. The predicted molar refractivity (Wildman–Crippen MR) is 60.3 cm³/mol. The normalized spacial score (nSPS) is 21.5. The number of rotatable bonds is 5. The highest BCUT2D eigenvalue weighted by molar-refractivity contribution is 5.73. The van der Waals surface area contributed by atoms with Crippen molar-refractivity contribution in [3.05, 3.63) is 0 Å². The topological polar surface area (TPSA) is 75.6 Å². The van der Waals surface area contributed by atoms with Crippen LogP contribution < -0.4 is 11.5 Å². The van der Waals surface area contributed by atoms with Gasteiger partial charge in [-0.05, 0) is 13.5 Å². The minimum Gasteiger partial charge on any atom is -0.370 e. The summed E-state index contributed by atoms with van der Waals surface area (Å²) in [5.41, 5.74) is 11.0. The average Bonchev–Trinajstić information content (AvgIpc) is 2.19. The molecule has 0 aliphatic carbocycles. The third-order valence-electron chi connectivity index (χ3n) is 2.85. The second kappa shape index (κ2) is 6.05. The lowest BCUT2D eigenvalue weighted by Crippen LogP contribution is -2.48. The van der Waals surface area contributed by atoms with Gasteiger partial charge >= 0.3 is 0 Å². The van der Waals surface area contributed by atoms with Crippen molar-refractivity contribution < 1.29 is 4.79 Å².